The topological polar surface area (TPSA) is 140 Å². The fourth-order valence-electron chi connectivity index (χ4n) is 3.90. The number of fused-ring (bicyclic) bond motifs is 3. The van der Waals surface area contributed by atoms with Gasteiger partial charge in [0.15, 0.2) is 5.82 Å². The maximum atomic E-state index is 13.2. The summed E-state index contributed by atoms with van der Waals surface area (Å²) in [6.45, 7) is 0.158. The number of hydrogen-bond acceptors (Lipinski definition) is 6. The van der Waals surface area contributed by atoms with E-state index in [0.29, 0.717) is 33.8 Å². The van der Waals surface area contributed by atoms with E-state index in [0.717, 1.165) is 15.4 Å². The minimum atomic E-state index is -0.422. The Labute approximate surface area is 205 Å². The van der Waals surface area contributed by atoms with E-state index in [1.54, 1.807) is 30.3 Å². The summed E-state index contributed by atoms with van der Waals surface area (Å²) in [5.74, 6) is -0.390. The van der Waals surface area contributed by atoms with Crippen LogP contribution < -0.4 is 10.2 Å². The summed E-state index contributed by atoms with van der Waals surface area (Å²) in [4.78, 5) is 34.4. The van der Waals surface area contributed by atoms with E-state index in [1.165, 1.54) is 4.90 Å². The molecule has 0 aliphatic carbocycles. The van der Waals surface area contributed by atoms with Crippen LogP contribution in [-0.2, 0) is 16.1 Å². The first kappa shape index (κ1) is 21.8. The summed E-state index contributed by atoms with van der Waals surface area (Å²) >= 11 is 8.53. The Morgan fingerprint density at radius 3 is 2.82 bits per heavy atom. The number of carbonyl (C=O) groups excluding carboxylic acids is 2. The van der Waals surface area contributed by atoms with Gasteiger partial charge in [-0.25, -0.2) is 5.16 Å². The standard InChI is InChI=1S/C22H14BrN7O3S/c23-16-8-17-20(15-6-11(10-25-29-24)4-5-14(15)16)26-18(31)9-19(32)30(17)13-3-1-2-12(7-13)21-27-22(34)33-28-21/h1-8H,9-10H2,(H,26,31)(H,27,28,34). The first-order chi connectivity index (χ1) is 16.4. The van der Waals surface area contributed by atoms with Crippen molar-refractivity contribution in [2.45, 2.75) is 13.0 Å². The van der Waals surface area contributed by atoms with E-state index >= 15 is 0 Å². The van der Waals surface area contributed by atoms with E-state index < -0.39 is 11.8 Å². The lowest BCUT2D eigenvalue weighted by Crippen LogP contribution is -2.26. The van der Waals surface area contributed by atoms with Crippen LogP contribution in [0.4, 0.5) is 17.1 Å². The number of azide groups is 1. The minimum absolute atomic E-state index is 0.0679. The van der Waals surface area contributed by atoms with Crippen molar-refractivity contribution in [3.05, 3.63) is 73.8 Å². The number of anilines is 3. The lowest BCUT2D eigenvalue weighted by molar-refractivity contribution is -0.124. The van der Waals surface area contributed by atoms with Crippen LogP contribution in [0.3, 0.4) is 0 Å². The summed E-state index contributed by atoms with van der Waals surface area (Å²) in [5, 5.41) is 10.7. The van der Waals surface area contributed by atoms with Crippen molar-refractivity contribution in [2.24, 2.45) is 5.11 Å². The van der Waals surface area contributed by atoms with E-state index in [9.17, 15) is 9.59 Å². The normalized spacial score (nSPS) is 13.3. The van der Waals surface area contributed by atoms with Crippen molar-refractivity contribution in [2.75, 3.05) is 10.2 Å². The van der Waals surface area contributed by atoms with Crippen molar-refractivity contribution < 1.29 is 14.1 Å². The molecule has 2 heterocycles. The molecule has 10 nitrogen and oxygen atoms in total. The average Bonchev–Trinajstić information content (AvgIpc) is 3.21. The maximum absolute atomic E-state index is 13.2. The smallest absolute Gasteiger partial charge is 0.314 e. The molecule has 0 radical (unpaired) electrons. The third-order valence-corrected chi connectivity index (χ3v) is 6.16. The average molecular weight is 536 g/mol. The summed E-state index contributed by atoms with van der Waals surface area (Å²) in [6.07, 6.45) is -0.331. The molecule has 2 N–H and O–H groups in total. The molecule has 12 heteroatoms. The molecule has 0 bridgehead atoms. The number of halogens is 1. The van der Waals surface area contributed by atoms with Gasteiger partial charge in [0.25, 0.3) is 0 Å². The number of carbonyl (C=O) groups is 2. The van der Waals surface area contributed by atoms with Crippen molar-refractivity contribution in [3.63, 3.8) is 0 Å². The Bertz CT molecular complexity index is 1590. The Morgan fingerprint density at radius 1 is 1.21 bits per heavy atom. The molecule has 0 spiro atoms. The molecule has 1 aliphatic rings. The first-order valence-electron chi connectivity index (χ1n) is 9.99. The molecule has 1 aromatic heterocycles. The van der Waals surface area contributed by atoms with Gasteiger partial charge in [-0.2, -0.15) is 4.98 Å². The van der Waals surface area contributed by atoms with Gasteiger partial charge in [0.1, 0.15) is 6.42 Å². The van der Waals surface area contributed by atoms with Gasteiger partial charge in [-0.05, 0) is 53.0 Å². The predicted molar refractivity (Wildman–Crippen MR) is 132 cm³/mol. The van der Waals surface area contributed by atoms with Crippen molar-refractivity contribution in [1.82, 2.24) is 10.1 Å². The van der Waals surface area contributed by atoms with Crippen LogP contribution in [0.1, 0.15) is 12.0 Å². The molecular weight excluding hydrogens is 522 g/mol. The van der Waals surface area contributed by atoms with Crippen LogP contribution in [0, 0.1) is 4.84 Å². The highest BCUT2D eigenvalue weighted by atomic mass is 79.9. The summed E-state index contributed by atoms with van der Waals surface area (Å²) < 4.78 is 5.76. The first-order valence-corrected chi connectivity index (χ1v) is 11.2. The van der Waals surface area contributed by atoms with Crippen LogP contribution in [-0.4, -0.2) is 22.0 Å². The molecule has 0 saturated carbocycles. The van der Waals surface area contributed by atoms with Crippen LogP contribution in [0.2, 0.25) is 0 Å². The Balaban J connectivity index is 1.73. The molecule has 0 fully saturated rings. The number of rotatable bonds is 4. The molecule has 0 unspecified atom stereocenters. The molecule has 1 aliphatic heterocycles. The van der Waals surface area contributed by atoms with Crippen LogP contribution in [0.15, 0.2) is 62.6 Å². The highest BCUT2D eigenvalue weighted by Gasteiger charge is 2.30. The monoisotopic (exact) mass is 535 g/mol. The summed E-state index contributed by atoms with van der Waals surface area (Å²) in [7, 11) is 0. The quantitative estimate of drug-likeness (QED) is 0.106. The molecule has 0 saturated heterocycles. The van der Waals surface area contributed by atoms with Gasteiger partial charge in [-0.3, -0.25) is 14.5 Å². The van der Waals surface area contributed by atoms with Crippen LogP contribution in [0.5, 0.6) is 0 Å². The molecular formula is C22H14BrN7O3S. The van der Waals surface area contributed by atoms with Gasteiger partial charge in [-0.15, -0.1) is 0 Å². The summed E-state index contributed by atoms with van der Waals surface area (Å²) in [5.41, 5.74) is 11.6. The molecule has 5 rings (SSSR count). The summed E-state index contributed by atoms with van der Waals surface area (Å²) in [6, 6.07) is 14.5. The number of nitrogens with one attached hydrogen (secondary N) is 2. The third kappa shape index (κ3) is 3.94. The van der Waals surface area contributed by atoms with Gasteiger partial charge < -0.3 is 9.84 Å². The minimum Gasteiger partial charge on any atom is -0.348 e. The molecule has 0 atom stereocenters. The van der Waals surface area contributed by atoms with Gasteiger partial charge in [0.2, 0.25) is 11.8 Å². The van der Waals surface area contributed by atoms with Crippen molar-refractivity contribution in [3.8, 4) is 11.4 Å². The van der Waals surface area contributed by atoms with Crippen molar-refractivity contribution >= 4 is 67.8 Å². The van der Waals surface area contributed by atoms with Crippen LogP contribution in [0.25, 0.3) is 32.6 Å². The zero-order valence-electron chi connectivity index (χ0n) is 17.3. The predicted octanol–water partition coefficient (Wildman–Crippen LogP) is 6.13. The zero-order chi connectivity index (χ0) is 23.8. The highest BCUT2D eigenvalue weighted by Crippen LogP contribution is 2.44. The van der Waals surface area contributed by atoms with Gasteiger partial charge in [0.05, 0.1) is 17.9 Å². The SMILES string of the molecule is [N-]=[N+]=NCc1ccc2c(Br)cc3c(c2c1)NC(=O)CC(=O)N3c1cccc(-c2nc(=S)o[nH]2)c1. The lowest BCUT2D eigenvalue weighted by Gasteiger charge is -2.24. The van der Waals surface area contributed by atoms with Gasteiger partial charge >= 0.3 is 4.84 Å². The fraction of sp³-hybridized carbons (Fsp3) is 0.0909. The second-order valence-corrected chi connectivity index (χ2v) is 8.66. The van der Waals surface area contributed by atoms with E-state index in [-0.39, 0.29) is 17.8 Å². The molecule has 3 aromatic carbocycles. The van der Waals surface area contributed by atoms with Gasteiger partial charge in [-0.1, -0.05) is 45.3 Å². The van der Waals surface area contributed by atoms with E-state index in [2.05, 4.69) is 41.4 Å². The number of hydrogen-bond donors (Lipinski definition) is 2. The van der Waals surface area contributed by atoms with Crippen molar-refractivity contribution in [1.29, 1.82) is 0 Å². The number of H-pyrrole nitrogens is 1. The fourth-order valence-corrected chi connectivity index (χ4v) is 4.59. The van der Waals surface area contributed by atoms with E-state index in [1.807, 2.05) is 18.2 Å². The Morgan fingerprint density at radius 2 is 2.06 bits per heavy atom. The van der Waals surface area contributed by atoms with Gasteiger partial charge in [0, 0.05) is 26.0 Å². The Kier molecular flexibility index (Phi) is 5.62. The number of amides is 2. The van der Waals surface area contributed by atoms with E-state index in [4.69, 9.17) is 22.3 Å². The lowest BCUT2D eigenvalue weighted by atomic mass is 10.0. The third-order valence-electron chi connectivity index (χ3n) is 5.33. The highest BCUT2D eigenvalue weighted by molar-refractivity contribution is 9.10. The number of aromatic nitrogens is 2. The maximum Gasteiger partial charge on any atom is 0.314 e. The second kappa shape index (κ2) is 8.75. The van der Waals surface area contributed by atoms with Crippen LogP contribution >= 0.6 is 28.1 Å². The molecule has 2 amide bonds. The number of benzene rings is 3. The second-order valence-electron chi connectivity index (χ2n) is 7.46. The number of nitrogens with zero attached hydrogens (tertiary/aromatic N) is 5. The molecule has 4 aromatic rings. The number of aromatic amines is 1. The zero-order valence-corrected chi connectivity index (χ0v) is 19.7. The molecule has 34 heavy (non-hydrogen) atoms. The Hall–Kier alpha value is -3.99. The largest absolute Gasteiger partial charge is 0.348 e. The molecule has 168 valence electrons.